The van der Waals surface area contributed by atoms with Gasteiger partial charge in [-0.05, 0) is 25.0 Å². The third kappa shape index (κ3) is 2.26. The second-order valence-corrected chi connectivity index (χ2v) is 4.13. The summed E-state index contributed by atoms with van der Waals surface area (Å²) in [5, 5.41) is 8.75. The molecule has 0 atom stereocenters. The number of nitriles is 1. The number of nitrogens with zero attached hydrogens (tertiary/aromatic N) is 1. The van der Waals surface area contributed by atoms with Crippen molar-refractivity contribution in [3.8, 4) is 17.6 Å². The van der Waals surface area contributed by atoms with Crippen LogP contribution in [0.5, 0.6) is 11.5 Å². The summed E-state index contributed by atoms with van der Waals surface area (Å²) in [5.74, 6) is 1.21. The van der Waals surface area contributed by atoms with Gasteiger partial charge in [-0.2, -0.15) is 5.26 Å². The lowest BCUT2D eigenvalue weighted by molar-refractivity contribution is 0.264. The molecule has 0 aromatic heterocycles. The Hall–Kier alpha value is -1.73. The predicted octanol–water partition coefficient (Wildman–Crippen LogP) is 1.44. The van der Waals surface area contributed by atoms with Crippen molar-refractivity contribution < 1.29 is 9.47 Å². The molecule has 0 aliphatic heterocycles. The van der Waals surface area contributed by atoms with E-state index in [2.05, 4.69) is 6.07 Å². The van der Waals surface area contributed by atoms with Crippen molar-refractivity contribution in [1.82, 2.24) is 0 Å². The van der Waals surface area contributed by atoms with E-state index < -0.39 is 0 Å². The Morgan fingerprint density at radius 3 is 2.75 bits per heavy atom. The largest absolute Gasteiger partial charge is 0.493 e. The summed E-state index contributed by atoms with van der Waals surface area (Å²) in [6, 6.07) is 7.15. The van der Waals surface area contributed by atoms with Crippen molar-refractivity contribution in [1.29, 1.82) is 5.26 Å². The Morgan fingerprint density at radius 1 is 1.44 bits per heavy atom. The van der Waals surface area contributed by atoms with E-state index in [-0.39, 0.29) is 5.54 Å². The molecule has 0 saturated heterocycles. The van der Waals surface area contributed by atoms with Gasteiger partial charge in [0.1, 0.15) is 6.61 Å². The first-order chi connectivity index (χ1) is 7.67. The minimum Gasteiger partial charge on any atom is -0.493 e. The Balaban J connectivity index is 2.10. The maximum Gasteiger partial charge on any atom is 0.162 e. The first-order valence-electron chi connectivity index (χ1n) is 5.17. The molecule has 1 aromatic rings. The highest BCUT2D eigenvalue weighted by Gasteiger charge is 2.39. The van der Waals surface area contributed by atoms with E-state index in [0.29, 0.717) is 23.7 Å². The molecule has 4 nitrogen and oxygen atoms in total. The molecule has 0 unspecified atom stereocenters. The SMILES string of the molecule is COc1cc(C#N)ccc1OCC1(N)CC1. The molecule has 1 saturated carbocycles. The lowest BCUT2D eigenvalue weighted by atomic mass is 10.2. The maximum absolute atomic E-state index is 8.75. The lowest BCUT2D eigenvalue weighted by Gasteiger charge is -2.13. The van der Waals surface area contributed by atoms with Gasteiger partial charge < -0.3 is 15.2 Å². The summed E-state index contributed by atoms with van der Waals surface area (Å²) in [6.45, 7) is 0.495. The average molecular weight is 218 g/mol. The monoisotopic (exact) mass is 218 g/mol. The van der Waals surface area contributed by atoms with Crippen LogP contribution in [-0.2, 0) is 0 Å². The molecule has 84 valence electrons. The van der Waals surface area contributed by atoms with E-state index in [1.165, 1.54) is 0 Å². The van der Waals surface area contributed by atoms with Crippen molar-refractivity contribution in [3.05, 3.63) is 23.8 Å². The van der Waals surface area contributed by atoms with E-state index in [1.54, 1.807) is 25.3 Å². The van der Waals surface area contributed by atoms with Gasteiger partial charge in [-0.25, -0.2) is 0 Å². The van der Waals surface area contributed by atoms with Crippen LogP contribution in [0.3, 0.4) is 0 Å². The molecular weight excluding hydrogens is 204 g/mol. The fourth-order valence-electron chi connectivity index (χ4n) is 1.38. The van der Waals surface area contributed by atoms with Crippen LogP contribution in [0.15, 0.2) is 18.2 Å². The molecule has 2 rings (SSSR count). The Labute approximate surface area is 94.6 Å². The fraction of sp³-hybridized carbons (Fsp3) is 0.417. The normalized spacial score (nSPS) is 16.3. The maximum atomic E-state index is 8.75. The van der Waals surface area contributed by atoms with Gasteiger partial charge in [-0.15, -0.1) is 0 Å². The van der Waals surface area contributed by atoms with Gasteiger partial charge in [0, 0.05) is 6.07 Å². The van der Waals surface area contributed by atoms with Crippen LogP contribution in [0.4, 0.5) is 0 Å². The summed E-state index contributed by atoms with van der Waals surface area (Å²) in [4.78, 5) is 0. The highest BCUT2D eigenvalue weighted by atomic mass is 16.5. The van der Waals surface area contributed by atoms with Gasteiger partial charge in [0.05, 0.1) is 24.3 Å². The van der Waals surface area contributed by atoms with Crippen LogP contribution in [0.25, 0.3) is 0 Å². The third-order valence-electron chi connectivity index (χ3n) is 2.70. The number of hydrogen-bond acceptors (Lipinski definition) is 4. The first kappa shape index (κ1) is 10.8. The molecule has 0 radical (unpaired) electrons. The highest BCUT2D eigenvalue weighted by Crippen LogP contribution is 2.35. The van der Waals surface area contributed by atoms with Crippen LogP contribution in [-0.4, -0.2) is 19.3 Å². The molecule has 0 bridgehead atoms. The summed E-state index contributed by atoms with van der Waals surface area (Å²) in [5.41, 5.74) is 6.32. The van der Waals surface area contributed by atoms with Crippen molar-refractivity contribution >= 4 is 0 Å². The van der Waals surface area contributed by atoms with Crippen molar-refractivity contribution in [2.24, 2.45) is 5.73 Å². The minimum absolute atomic E-state index is 0.154. The van der Waals surface area contributed by atoms with Gasteiger partial charge >= 0.3 is 0 Å². The van der Waals surface area contributed by atoms with E-state index >= 15 is 0 Å². The molecule has 1 aliphatic carbocycles. The predicted molar refractivity (Wildman–Crippen MR) is 59.4 cm³/mol. The van der Waals surface area contributed by atoms with Gasteiger partial charge in [-0.1, -0.05) is 0 Å². The number of rotatable bonds is 4. The number of methoxy groups -OCH3 is 1. The number of benzene rings is 1. The standard InChI is InChI=1S/C12H14N2O2/c1-15-11-6-9(7-13)2-3-10(11)16-8-12(14)4-5-12/h2-3,6H,4-5,8,14H2,1H3. The van der Waals surface area contributed by atoms with E-state index in [1.807, 2.05) is 0 Å². The smallest absolute Gasteiger partial charge is 0.162 e. The molecular formula is C12H14N2O2. The third-order valence-corrected chi connectivity index (χ3v) is 2.70. The van der Waals surface area contributed by atoms with Crippen LogP contribution in [0.2, 0.25) is 0 Å². The van der Waals surface area contributed by atoms with Gasteiger partial charge in [0.2, 0.25) is 0 Å². The number of ether oxygens (including phenoxy) is 2. The van der Waals surface area contributed by atoms with Crippen LogP contribution in [0.1, 0.15) is 18.4 Å². The quantitative estimate of drug-likeness (QED) is 0.830. The average Bonchev–Trinajstić information content (AvgIpc) is 3.05. The van der Waals surface area contributed by atoms with Crippen molar-refractivity contribution in [2.75, 3.05) is 13.7 Å². The Kier molecular flexibility index (Phi) is 2.71. The zero-order valence-electron chi connectivity index (χ0n) is 9.19. The molecule has 0 spiro atoms. The van der Waals surface area contributed by atoms with E-state index in [4.69, 9.17) is 20.5 Å². The molecule has 0 amide bonds. The Bertz CT molecular complexity index is 433. The molecule has 2 N–H and O–H groups in total. The van der Waals surface area contributed by atoms with Crippen LogP contribution >= 0.6 is 0 Å². The summed E-state index contributed by atoms with van der Waals surface area (Å²) >= 11 is 0. The van der Waals surface area contributed by atoms with Crippen molar-refractivity contribution in [3.63, 3.8) is 0 Å². The zero-order chi connectivity index (χ0) is 11.6. The highest BCUT2D eigenvalue weighted by molar-refractivity contribution is 5.46. The molecule has 1 aliphatic rings. The topological polar surface area (TPSA) is 68.3 Å². The fourth-order valence-corrected chi connectivity index (χ4v) is 1.38. The molecule has 16 heavy (non-hydrogen) atoms. The molecule has 0 heterocycles. The van der Waals surface area contributed by atoms with Gasteiger partial charge in [-0.3, -0.25) is 0 Å². The van der Waals surface area contributed by atoms with E-state index in [9.17, 15) is 0 Å². The second kappa shape index (κ2) is 4.03. The van der Waals surface area contributed by atoms with E-state index in [0.717, 1.165) is 12.8 Å². The van der Waals surface area contributed by atoms with Gasteiger partial charge in [0.15, 0.2) is 11.5 Å². The van der Waals surface area contributed by atoms with Crippen LogP contribution < -0.4 is 15.2 Å². The summed E-state index contributed by atoms with van der Waals surface area (Å²) < 4.78 is 10.8. The number of hydrogen-bond donors (Lipinski definition) is 1. The zero-order valence-corrected chi connectivity index (χ0v) is 9.19. The summed E-state index contributed by atoms with van der Waals surface area (Å²) in [6.07, 6.45) is 2.01. The molecule has 1 fully saturated rings. The Morgan fingerprint density at radius 2 is 2.19 bits per heavy atom. The minimum atomic E-state index is -0.154. The molecule has 1 aromatic carbocycles. The molecule has 4 heteroatoms. The number of nitrogens with two attached hydrogens (primary N) is 1. The first-order valence-corrected chi connectivity index (χ1v) is 5.17. The lowest BCUT2D eigenvalue weighted by Crippen LogP contribution is -2.29. The van der Waals surface area contributed by atoms with Crippen LogP contribution in [0, 0.1) is 11.3 Å². The van der Waals surface area contributed by atoms with Crippen molar-refractivity contribution in [2.45, 2.75) is 18.4 Å². The summed E-state index contributed by atoms with van der Waals surface area (Å²) in [7, 11) is 1.55. The van der Waals surface area contributed by atoms with Gasteiger partial charge in [0.25, 0.3) is 0 Å². The second-order valence-electron chi connectivity index (χ2n) is 4.13.